The highest BCUT2D eigenvalue weighted by Crippen LogP contribution is 2.31. The molecule has 0 aromatic carbocycles. The molecular formula is C14H23NO4. The maximum absolute atomic E-state index is 12.2. The number of amides is 1. The van der Waals surface area contributed by atoms with Crippen LogP contribution in [-0.2, 0) is 14.3 Å². The molecule has 0 saturated heterocycles. The Hall–Kier alpha value is -1.10. The van der Waals surface area contributed by atoms with Gasteiger partial charge in [-0.15, -0.1) is 0 Å². The first-order valence-corrected chi connectivity index (χ1v) is 7.26. The van der Waals surface area contributed by atoms with Crippen LogP contribution in [0.1, 0.15) is 45.4 Å². The monoisotopic (exact) mass is 269 g/mol. The van der Waals surface area contributed by atoms with Crippen molar-refractivity contribution in [3.05, 3.63) is 0 Å². The van der Waals surface area contributed by atoms with Crippen LogP contribution in [0.25, 0.3) is 0 Å². The first-order valence-electron chi connectivity index (χ1n) is 7.26. The Morgan fingerprint density at radius 1 is 1.21 bits per heavy atom. The van der Waals surface area contributed by atoms with Crippen molar-refractivity contribution in [3.63, 3.8) is 0 Å². The van der Waals surface area contributed by atoms with Gasteiger partial charge in [0.25, 0.3) is 0 Å². The smallest absolute Gasteiger partial charge is 0.307 e. The molecule has 2 aliphatic rings. The number of hydrogen-bond donors (Lipinski definition) is 2. The molecule has 0 aromatic rings. The third kappa shape index (κ3) is 3.47. The van der Waals surface area contributed by atoms with Crippen LogP contribution in [0.2, 0.25) is 0 Å². The minimum atomic E-state index is -0.833. The van der Waals surface area contributed by atoms with Crippen molar-refractivity contribution in [1.29, 1.82) is 0 Å². The van der Waals surface area contributed by atoms with Gasteiger partial charge in [-0.2, -0.15) is 0 Å². The molecule has 0 radical (unpaired) electrons. The highest BCUT2D eigenvalue weighted by molar-refractivity contribution is 5.85. The zero-order chi connectivity index (χ0) is 13.8. The number of rotatable bonds is 5. The first-order chi connectivity index (χ1) is 9.11. The van der Waals surface area contributed by atoms with Gasteiger partial charge in [-0.1, -0.05) is 12.8 Å². The quantitative estimate of drug-likeness (QED) is 0.794. The second-order valence-electron chi connectivity index (χ2n) is 5.59. The largest absolute Gasteiger partial charge is 0.481 e. The summed E-state index contributed by atoms with van der Waals surface area (Å²) in [5.74, 6) is -1.76. The number of hydrogen-bond acceptors (Lipinski definition) is 3. The van der Waals surface area contributed by atoms with Crippen molar-refractivity contribution in [2.45, 2.75) is 57.6 Å². The van der Waals surface area contributed by atoms with E-state index in [1.54, 1.807) is 0 Å². The SMILES string of the molecule is CCOC1CC(NC(=O)[C@@H]2CCCC[C@@H]2C(=O)O)C1. The minimum Gasteiger partial charge on any atom is -0.481 e. The molecule has 108 valence electrons. The molecule has 0 bridgehead atoms. The average Bonchev–Trinajstić information content (AvgIpc) is 2.36. The first kappa shape index (κ1) is 14.3. The summed E-state index contributed by atoms with van der Waals surface area (Å²) < 4.78 is 5.45. The van der Waals surface area contributed by atoms with E-state index in [0.717, 1.165) is 25.7 Å². The van der Waals surface area contributed by atoms with Gasteiger partial charge in [0.1, 0.15) is 0 Å². The van der Waals surface area contributed by atoms with E-state index in [2.05, 4.69) is 5.32 Å². The lowest BCUT2D eigenvalue weighted by atomic mass is 9.78. The van der Waals surface area contributed by atoms with Crippen LogP contribution in [0.4, 0.5) is 0 Å². The second-order valence-corrected chi connectivity index (χ2v) is 5.59. The fourth-order valence-electron chi connectivity index (χ4n) is 3.10. The molecule has 19 heavy (non-hydrogen) atoms. The van der Waals surface area contributed by atoms with Crippen molar-refractivity contribution >= 4 is 11.9 Å². The van der Waals surface area contributed by atoms with E-state index < -0.39 is 11.9 Å². The van der Waals surface area contributed by atoms with Crippen LogP contribution >= 0.6 is 0 Å². The van der Waals surface area contributed by atoms with Gasteiger partial charge in [0.05, 0.1) is 17.9 Å². The Bertz CT molecular complexity index is 338. The summed E-state index contributed by atoms with van der Waals surface area (Å²) in [7, 11) is 0. The summed E-state index contributed by atoms with van der Waals surface area (Å²) >= 11 is 0. The number of carbonyl (C=O) groups is 2. The van der Waals surface area contributed by atoms with Gasteiger partial charge in [0, 0.05) is 12.6 Å². The Balaban J connectivity index is 1.80. The van der Waals surface area contributed by atoms with E-state index >= 15 is 0 Å². The topological polar surface area (TPSA) is 75.6 Å². The lowest BCUT2D eigenvalue weighted by molar-refractivity contribution is -0.149. The number of nitrogens with one attached hydrogen (secondary N) is 1. The third-order valence-electron chi connectivity index (χ3n) is 4.26. The second kappa shape index (κ2) is 6.37. The molecule has 0 aromatic heterocycles. The minimum absolute atomic E-state index is 0.0768. The van der Waals surface area contributed by atoms with Crippen LogP contribution < -0.4 is 5.32 Å². The van der Waals surface area contributed by atoms with Crippen molar-refractivity contribution < 1.29 is 19.4 Å². The fraction of sp³-hybridized carbons (Fsp3) is 0.857. The summed E-state index contributed by atoms with van der Waals surface area (Å²) in [5.41, 5.74) is 0. The molecule has 2 N–H and O–H groups in total. The van der Waals surface area contributed by atoms with Crippen molar-refractivity contribution in [2.75, 3.05) is 6.61 Å². The molecule has 2 aliphatic carbocycles. The molecule has 5 heteroatoms. The predicted molar refractivity (Wildman–Crippen MR) is 69.7 cm³/mol. The van der Waals surface area contributed by atoms with E-state index in [-0.39, 0.29) is 24.0 Å². The Kier molecular flexibility index (Phi) is 4.80. The van der Waals surface area contributed by atoms with Crippen LogP contribution in [0.5, 0.6) is 0 Å². The maximum atomic E-state index is 12.2. The highest BCUT2D eigenvalue weighted by Gasteiger charge is 2.38. The zero-order valence-corrected chi connectivity index (χ0v) is 11.4. The molecule has 0 heterocycles. The highest BCUT2D eigenvalue weighted by atomic mass is 16.5. The van der Waals surface area contributed by atoms with E-state index in [0.29, 0.717) is 19.4 Å². The number of ether oxygens (including phenoxy) is 1. The molecule has 0 unspecified atom stereocenters. The van der Waals surface area contributed by atoms with Gasteiger partial charge in [0.15, 0.2) is 0 Å². The van der Waals surface area contributed by atoms with E-state index in [1.807, 2.05) is 6.92 Å². The maximum Gasteiger partial charge on any atom is 0.307 e. The van der Waals surface area contributed by atoms with Crippen LogP contribution in [0, 0.1) is 11.8 Å². The fourth-order valence-corrected chi connectivity index (χ4v) is 3.10. The molecule has 5 nitrogen and oxygen atoms in total. The lowest BCUT2D eigenvalue weighted by Crippen LogP contribution is -2.51. The van der Waals surface area contributed by atoms with Gasteiger partial charge in [-0.25, -0.2) is 0 Å². The van der Waals surface area contributed by atoms with Gasteiger partial charge in [-0.3, -0.25) is 9.59 Å². The van der Waals surface area contributed by atoms with Crippen molar-refractivity contribution in [2.24, 2.45) is 11.8 Å². The normalized spacial score (nSPS) is 34.4. The molecule has 2 atom stereocenters. The van der Waals surface area contributed by atoms with Crippen LogP contribution in [-0.4, -0.2) is 35.7 Å². The number of aliphatic carboxylic acids is 1. The average molecular weight is 269 g/mol. The molecule has 1 amide bonds. The summed E-state index contributed by atoms with van der Waals surface area (Å²) in [6.45, 7) is 2.67. The third-order valence-corrected chi connectivity index (χ3v) is 4.26. The summed E-state index contributed by atoms with van der Waals surface area (Å²) in [6, 6.07) is 0.167. The Labute approximate surface area is 113 Å². The van der Waals surface area contributed by atoms with E-state index in [1.165, 1.54) is 0 Å². The van der Waals surface area contributed by atoms with Gasteiger partial charge >= 0.3 is 5.97 Å². The summed E-state index contributed by atoms with van der Waals surface area (Å²) in [4.78, 5) is 23.3. The van der Waals surface area contributed by atoms with Crippen molar-refractivity contribution in [3.8, 4) is 0 Å². The van der Waals surface area contributed by atoms with E-state index in [4.69, 9.17) is 4.74 Å². The van der Waals surface area contributed by atoms with Crippen LogP contribution in [0.15, 0.2) is 0 Å². The molecule has 0 aliphatic heterocycles. The standard InChI is InChI=1S/C14H23NO4/c1-2-19-10-7-9(8-10)15-13(16)11-5-3-4-6-12(11)14(17)18/h9-12H,2-8H2,1H3,(H,15,16)(H,17,18)/t9?,10?,11-,12+/m1/s1. The molecule has 2 rings (SSSR count). The van der Waals surface area contributed by atoms with Crippen LogP contribution in [0.3, 0.4) is 0 Å². The molecule has 0 spiro atoms. The number of carboxylic acid groups (broad SMARTS) is 1. The number of carboxylic acids is 1. The lowest BCUT2D eigenvalue weighted by Gasteiger charge is -2.37. The van der Waals surface area contributed by atoms with Crippen molar-refractivity contribution in [1.82, 2.24) is 5.32 Å². The number of carbonyl (C=O) groups excluding carboxylic acids is 1. The van der Waals surface area contributed by atoms with Gasteiger partial charge < -0.3 is 15.2 Å². The Morgan fingerprint density at radius 2 is 1.84 bits per heavy atom. The van der Waals surface area contributed by atoms with E-state index in [9.17, 15) is 14.7 Å². The zero-order valence-electron chi connectivity index (χ0n) is 11.4. The van der Waals surface area contributed by atoms with Gasteiger partial charge in [-0.05, 0) is 32.6 Å². The summed E-state index contributed by atoms with van der Waals surface area (Å²) in [5, 5.41) is 12.2. The molecular weight excluding hydrogens is 246 g/mol. The molecule has 2 saturated carbocycles. The van der Waals surface area contributed by atoms with Gasteiger partial charge in [0.2, 0.25) is 5.91 Å². The summed E-state index contributed by atoms with van der Waals surface area (Å²) in [6.07, 6.45) is 5.15. The predicted octanol–water partition coefficient (Wildman–Crippen LogP) is 1.56. The Morgan fingerprint density at radius 3 is 2.42 bits per heavy atom. The molecule has 2 fully saturated rings.